The Balaban J connectivity index is 2.21. The van der Waals surface area contributed by atoms with E-state index < -0.39 is 11.9 Å². The third kappa shape index (κ3) is 4.21. The Morgan fingerprint density at radius 3 is 2.59 bits per heavy atom. The number of amides is 1. The van der Waals surface area contributed by atoms with E-state index in [0.29, 0.717) is 0 Å². The number of esters is 1. The second-order valence-corrected chi connectivity index (χ2v) is 4.29. The average Bonchev–Trinajstić information content (AvgIpc) is 3.07. The molecule has 0 aliphatic heterocycles. The summed E-state index contributed by atoms with van der Waals surface area (Å²) in [5.74, 6) is -1.07. The first kappa shape index (κ1) is 15.3. The van der Waals surface area contributed by atoms with Crippen LogP contribution < -0.4 is 5.32 Å². The maximum atomic E-state index is 12.0. The lowest BCUT2D eigenvalue weighted by molar-refractivity contribution is -0.138. The van der Waals surface area contributed by atoms with Gasteiger partial charge in [0.1, 0.15) is 12.3 Å². The van der Waals surface area contributed by atoms with Gasteiger partial charge in [-0.15, -0.1) is 0 Å². The van der Waals surface area contributed by atoms with Gasteiger partial charge in [0.25, 0.3) is 5.91 Å². The van der Waals surface area contributed by atoms with Gasteiger partial charge in [-0.2, -0.15) is 0 Å². The van der Waals surface area contributed by atoms with E-state index in [4.69, 9.17) is 9.15 Å². The molecule has 0 atom stereocenters. The lowest BCUT2D eigenvalue weighted by atomic mass is 10.2. The molecule has 1 aromatic carbocycles. The number of ether oxygens (including phenoxy) is 1. The van der Waals surface area contributed by atoms with Crippen LogP contribution in [0.2, 0.25) is 0 Å². The van der Waals surface area contributed by atoms with Gasteiger partial charge in [-0.1, -0.05) is 43.0 Å². The number of rotatable bonds is 6. The summed E-state index contributed by atoms with van der Waals surface area (Å²) in [4.78, 5) is 24.0. The van der Waals surface area contributed by atoms with Crippen LogP contribution in [0.5, 0.6) is 0 Å². The Kier molecular flexibility index (Phi) is 5.31. The third-order valence-corrected chi connectivity index (χ3v) is 2.66. The molecule has 112 valence electrons. The van der Waals surface area contributed by atoms with Crippen LogP contribution in [0.25, 0.3) is 6.08 Å². The van der Waals surface area contributed by atoms with E-state index in [9.17, 15) is 9.59 Å². The summed E-state index contributed by atoms with van der Waals surface area (Å²) in [6, 6.07) is 12.2. The van der Waals surface area contributed by atoms with Crippen molar-refractivity contribution in [3.05, 3.63) is 78.4 Å². The fourth-order valence-corrected chi connectivity index (χ4v) is 1.67. The molecule has 0 bridgehead atoms. The summed E-state index contributed by atoms with van der Waals surface area (Å²) in [5.41, 5.74) is 0.780. The predicted octanol–water partition coefficient (Wildman–Crippen LogP) is 2.78. The minimum Gasteiger partial charge on any atom is -0.459 e. The van der Waals surface area contributed by atoms with Gasteiger partial charge in [0.15, 0.2) is 5.76 Å². The highest BCUT2D eigenvalue weighted by Gasteiger charge is 2.17. The Labute approximate surface area is 127 Å². The fourth-order valence-electron chi connectivity index (χ4n) is 1.67. The Bertz CT molecular complexity index is 672. The summed E-state index contributed by atoms with van der Waals surface area (Å²) >= 11 is 0. The standard InChI is InChI=1S/C17H15NO4/c1-2-10-22-17(20)14(12-13-7-4-3-5-8-13)18-16(19)15-9-6-11-21-15/h2-9,11-12H,1,10H2,(H,18,19). The molecule has 22 heavy (non-hydrogen) atoms. The van der Waals surface area contributed by atoms with E-state index in [2.05, 4.69) is 11.9 Å². The quantitative estimate of drug-likeness (QED) is 0.506. The van der Waals surface area contributed by atoms with Crippen molar-refractivity contribution in [2.75, 3.05) is 6.61 Å². The number of carbonyl (C=O) groups excluding carboxylic acids is 2. The van der Waals surface area contributed by atoms with Crippen molar-refractivity contribution in [2.45, 2.75) is 0 Å². The molecule has 0 aliphatic carbocycles. The molecule has 2 rings (SSSR count). The lowest BCUT2D eigenvalue weighted by Gasteiger charge is -2.08. The molecule has 1 N–H and O–H groups in total. The largest absolute Gasteiger partial charge is 0.459 e. The zero-order valence-corrected chi connectivity index (χ0v) is 11.8. The first-order valence-electron chi connectivity index (χ1n) is 6.60. The van der Waals surface area contributed by atoms with Crippen molar-refractivity contribution in [1.29, 1.82) is 0 Å². The number of hydrogen-bond donors (Lipinski definition) is 1. The van der Waals surface area contributed by atoms with Crippen LogP contribution in [0.4, 0.5) is 0 Å². The van der Waals surface area contributed by atoms with Crippen LogP contribution in [0.1, 0.15) is 16.1 Å². The molecule has 0 saturated heterocycles. The van der Waals surface area contributed by atoms with E-state index >= 15 is 0 Å². The molecule has 1 aromatic heterocycles. The molecule has 5 heteroatoms. The molecule has 2 aromatic rings. The van der Waals surface area contributed by atoms with E-state index in [1.54, 1.807) is 18.2 Å². The second-order valence-electron chi connectivity index (χ2n) is 4.29. The highest BCUT2D eigenvalue weighted by atomic mass is 16.5. The first-order chi connectivity index (χ1) is 10.7. The van der Waals surface area contributed by atoms with Crippen LogP contribution >= 0.6 is 0 Å². The number of hydrogen-bond acceptors (Lipinski definition) is 4. The van der Waals surface area contributed by atoms with E-state index in [-0.39, 0.29) is 18.1 Å². The molecule has 1 amide bonds. The molecule has 0 unspecified atom stereocenters. The number of nitrogens with one attached hydrogen (secondary N) is 1. The van der Waals surface area contributed by atoms with Crippen LogP contribution in [0.3, 0.4) is 0 Å². The van der Waals surface area contributed by atoms with Gasteiger partial charge in [0.05, 0.1) is 6.26 Å². The maximum absolute atomic E-state index is 12.0. The second kappa shape index (κ2) is 7.64. The first-order valence-corrected chi connectivity index (χ1v) is 6.60. The van der Waals surface area contributed by atoms with Gasteiger partial charge in [0, 0.05) is 0 Å². The van der Waals surface area contributed by atoms with Crippen molar-refractivity contribution in [1.82, 2.24) is 5.32 Å². The maximum Gasteiger partial charge on any atom is 0.355 e. The molecule has 1 heterocycles. The summed E-state index contributed by atoms with van der Waals surface area (Å²) in [5, 5.41) is 2.50. The zero-order chi connectivity index (χ0) is 15.8. The average molecular weight is 297 g/mol. The molecule has 0 aliphatic rings. The summed E-state index contributed by atoms with van der Waals surface area (Å²) in [7, 11) is 0. The highest BCUT2D eigenvalue weighted by molar-refractivity contribution is 6.02. The predicted molar refractivity (Wildman–Crippen MR) is 81.7 cm³/mol. The Morgan fingerprint density at radius 2 is 1.95 bits per heavy atom. The minimum absolute atomic E-state index is 0.0226. The van der Waals surface area contributed by atoms with Gasteiger partial charge in [-0.25, -0.2) is 4.79 Å². The number of furan rings is 1. The molecule has 5 nitrogen and oxygen atoms in total. The minimum atomic E-state index is -0.649. The van der Waals surface area contributed by atoms with Crippen LogP contribution in [0, 0.1) is 0 Å². The zero-order valence-electron chi connectivity index (χ0n) is 11.8. The van der Waals surface area contributed by atoms with Gasteiger partial charge < -0.3 is 14.5 Å². The van der Waals surface area contributed by atoms with Crippen molar-refractivity contribution >= 4 is 18.0 Å². The third-order valence-electron chi connectivity index (χ3n) is 2.66. The smallest absolute Gasteiger partial charge is 0.355 e. The van der Waals surface area contributed by atoms with Gasteiger partial charge in [0.2, 0.25) is 0 Å². The summed E-state index contributed by atoms with van der Waals surface area (Å²) in [6.07, 6.45) is 4.37. The summed E-state index contributed by atoms with van der Waals surface area (Å²) < 4.78 is 9.97. The molecule has 0 spiro atoms. The van der Waals surface area contributed by atoms with Crippen molar-refractivity contribution in [3.63, 3.8) is 0 Å². The molecular weight excluding hydrogens is 282 g/mol. The molecular formula is C17H15NO4. The fraction of sp³-hybridized carbons (Fsp3) is 0.0588. The Hall–Kier alpha value is -3.08. The van der Waals surface area contributed by atoms with E-state index in [0.717, 1.165) is 5.56 Å². The van der Waals surface area contributed by atoms with Crippen LogP contribution in [0.15, 0.2) is 71.5 Å². The SMILES string of the molecule is C=CCOC(=O)C(=Cc1ccccc1)NC(=O)c1ccco1. The van der Waals surface area contributed by atoms with Crippen LogP contribution in [-0.4, -0.2) is 18.5 Å². The lowest BCUT2D eigenvalue weighted by Crippen LogP contribution is -2.28. The van der Waals surface area contributed by atoms with E-state index in [1.165, 1.54) is 24.5 Å². The van der Waals surface area contributed by atoms with Crippen molar-refractivity contribution < 1.29 is 18.7 Å². The Morgan fingerprint density at radius 1 is 1.18 bits per heavy atom. The summed E-state index contributed by atoms with van der Waals surface area (Å²) in [6.45, 7) is 3.54. The number of benzene rings is 1. The molecule has 0 saturated carbocycles. The normalized spacial score (nSPS) is 10.8. The van der Waals surface area contributed by atoms with Gasteiger partial charge in [-0.05, 0) is 23.8 Å². The monoisotopic (exact) mass is 297 g/mol. The van der Waals surface area contributed by atoms with Gasteiger partial charge >= 0.3 is 5.97 Å². The van der Waals surface area contributed by atoms with Crippen molar-refractivity contribution in [3.8, 4) is 0 Å². The van der Waals surface area contributed by atoms with Crippen LogP contribution in [-0.2, 0) is 9.53 Å². The highest BCUT2D eigenvalue weighted by Crippen LogP contribution is 2.08. The van der Waals surface area contributed by atoms with Crippen molar-refractivity contribution in [2.24, 2.45) is 0 Å². The van der Waals surface area contributed by atoms with Gasteiger partial charge in [-0.3, -0.25) is 4.79 Å². The topological polar surface area (TPSA) is 68.5 Å². The molecule has 0 radical (unpaired) electrons. The molecule has 0 fully saturated rings. The van der Waals surface area contributed by atoms with E-state index in [1.807, 2.05) is 18.2 Å². The number of carbonyl (C=O) groups is 2.